The van der Waals surface area contributed by atoms with Gasteiger partial charge in [-0.25, -0.2) is 8.78 Å². The Kier molecular flexibility index (Phi) is 4.01. The van der Waals surface area contributed by atoms with E-state index >= 15 is 0 Å². The quantitative estimate of drug-likeness (QED) is 0.608. The number of ketones is 1. The molecule has 5 rings (SSSR count). The molecule has 0 N–H and O–H groups in total. The molecule has 0 saturated carbocycles. The Balaban J connectivity index is 1.49. The number of benzene rings is 2. The molecule has 1 aromatic heterocycles. The molecule has 0 amide bonds. The molecular formula is C22H14F2N2O3. The van der Waals surface area contributed by atoms with Gasteiger partial charge in [-0.1, -0.05) is 0 Å². The third-order valence-corrected chi connectivity index (χ3v) is 4.90. The Morgan fingerprint density at radius 3 is 2.66 bits per heavy atom. The van der Waals surface area contributed by atoms with Crippen LogP contribution in [0.4, 0.5) is 14.5 Å². The Labute approximate surface area is 164 Å². The smallest absolute Gasteiger partial charge is 0.231 e. The molecule has 0 radical (unpaired) electrons. The van der Waals surface area contributed by atoms with Crippen LogP contribution in [-0.2, 0) is 6.54 Å². The van der Waals surface area contributed by atoms with Gasteiger partial charge in [0, 0.05) is 24.1 Å². The second kappa shape index (κ2) is 6.70. The zero-order valence-electron chi connectivity index (χ0n) is 15.1. The molecular weight excluding hydrogens is 378 g/mol. The standard InChI is InChI=1S/C22H14F2N2O3/c23-17-3-1-14(10-18(17)24)26-11-16-19(28-12-26)4-2-15-21(27)20(29-22(15)16)9-13-5-7-25-8-6-13/h1-10H,11-12H2. The van der Waals surface area contributed by atoms with Crippen molar-refractivity contribution in [1.29, 1.82) is 0 Å². The van der Waals surface area contributed by atoms with Crippen molar-refractivity contribution < 1.29 is 23.0 Å². The molecule has 0 fully saturated rings. The van der Waals surface area contributed by atoms with Gasteiger partial charge in [-0.3, -0.25) is 9.78 Å². The molecule has 5 nitrogen and oxygen atoms in total. The van der Waals surface area contributed by atoms with Crippen molar-refractivity contribution in [2.45, 2.75) is 6.54 Å². The lowest BCUT2D eigenvalue weighted by Crippen LogP contribution is -2.32. The first-order chi connectivity index (χ1) is 14.1. The van der Waals surface area contributed by atoms with Crippen LogP contribution in [0.1, 0.15) is 21.5 Å². The van der Waals surface area contributed by atoms with E-state index in [9.17, 15) is 13.6 Å². The van der Waals surface area contributed by atoms with Crippen molar-refractivity contribution in [2.75, 3.05) is 11.6 Å². The fourth-order valence-corrected chi connectivity index (χ4v) is 3.42. The summed E-state index contributed by atoms with van der Waals surface area (Å²) in [5.74, 6) is -0.817. The second-order valence-electron chi connectivity index (χ2n) is 6.71. The minimum atomic E-state index is -0.930. The number of anilines is 1. The van der Waals surface area contributed by atoms with E-state index in [1.54, 1.807) is 47.6 Å². The van der Waals surface area contributed by atoms with E-state index in [1.165, 1.54) is 6.07 Å². The van der Waals surface area contributed by atoms with Gasteiger partial charge in [-0.2, -0.15) is 0 Å². The highest BCUT2D eigenvalue weighted by Crippen LogP contribution is 2.42. The molecule has 29 heavy (non-hydrogen) atoms. The molecule has 144 valence electrons. The van der Waals surface area contributed by atoms with Gasteiger partial charge < -0.3 is 14.4 Å². The van der Waals surface area contributed by atoms with Gasteiger partial charge in [0.1, 0.15) is 11.5 Å². The summed E-state index contributed by atoms with van der Waals surface area (Å²) in [7, 11) is 0. The lowest BCUT2D eigenvalue weighted by atomic mass is 10.0. The Bertz CT molecular complexity index is 1160. The number of hydrogen-bond acceptors (Lipinski definition) is 5. The number of halogens is 2. The Morgan fingerprint density at radius 1 is 1.03 bits per heavy atom. The number of nitrogens with zero attached hydrogens (tertiary/aromatic N) is 2. The molecule has 7 heteroatoms. The number of carbonyl (C=O) groups is 1. The number of fused-ring (bicyclic) bond motifs is 3. The largest absolute Gasteiger partial charge is 0.473 e. The summed E-state index contributed by atoms with van der Waals surface area (Å²) in [4.78, 5) is 18.5. The normalized spacial score (nSPS) is 16.3. The van der Waals surface area contributed by atoms with Gasteiger partial charge in [-0.05, 0) is 48.0 Å². The van der Waals surface area contributed by atoms with E-state index in [0.717, 1.165) is 17.7 Å². The predicted molar refractivity (Wildman–Crippen MR) is 102 cm³/mol. The highest BCUT2D eigenvalue weighted by Gasteiger charge is 2.33. The van der Waals surface area contributed by atoms with Crippen LogP contribution in [0.2, 0.25) is 0 Å². The van der Waals surface area contributed by atoms with E-state index in [1.807, 2.05) is 0 Å². The molecule has 0 saturated heterocycles. The van der Waals surface area contributed by atoms with Crippen molar-refractivity contribution in [3.8, 4) is 11.5 Å². The minimum Gasteiger partial charge on any atom is -0.473 e. The number of carbonyl (C=O) groups excluding carboxylic acids is 1. The number of ether oxygens (including phenoxy) is 2. The summed E-state index contributed by atoms with van der Waals surface area (Å²) in [5.41, 5.74) is 2.40. The van der Waals surface area contributed by atoms with Crippen LogP contribution in [0.25, 0.3) is 6.08 Å². The summed E-state index contributed by atoms with van der Waals surface area (Å²) >= 11 is 0. The first-order valence-corrected chi connectivity index (χ1v) is 8.93. The molecule has 3 aromatic rings. The summed E-state index contributed by atoms with van der Waals surface area (Å²) in [5, 5.41) is 0. The molecule has 0 bridgehead atoms. The molecule has 2 aromatic carbocycles. The molecule has 0 unspecified atom stereocenters. The average Bonchev–Trinajstić information content (AvgIpc) is 3.06. The minimum absolute atomic E-state index is 0.171. The number of Topliss-reactive ketones (excluding diaryl/α,β-unsaturated/α-hetero) is 1. The van der Waals surface area contributed by atoms with Crippen LogP contribution in [0.3, 0.4) is 0 Å². The van der Waals surface area contributed by atoms with Crippen LogP contribution in [0.5, 0.6) is 11.5 Å². The lowest BCUT2D eigenvalue weighted by molar-refractivity contribution is 0.101. The number of pyridine rings is 1. The fourth-order valence-electron chi connectivity index (χ4n) is 3.42. The van der Waals surface area contributed by atoms with Crippen molar-refractivity contribution in [2.24, 2.45) is 0 Å². The van der Waals surface area contributed by atoms with Gasteiger partial charge in [-0.15, -0.1) is 0 Å². The predicted octanol–water partition coefficient (Wildman–Crippen LogP) is 4.33. The van der Waals surface area contributed by atoms with Gasteiger partial charge in [0.2, 0.25) is 5.78 Å². The fraction of sp³-hybridized carbons (Fsp3) is 0.0909. The maximum atomic E-state index is 13.6. The van der Waals surface area contributed by atoms with Gasteiger partial charge in [0.25, 0.3) is 0 Å². The van der Waals surface area contributed by atoms with Crippen LogP contribution >= 0.6 is 0 Å². The third kappa shape index (κ3) is 3.00. The zero-order chi connectivity index (χ0) is 20.0. The van der Waals surface area contributed by atoms with Crippen LogP contribution in [0.15, 0.2) is 60.6 Å². The third-order valence-electron chi connectivity index (χ3n) is 4.90. The SMILES string of the molecule is O=C1C(=Cc2ccncc2)Oc2c1ccc1c2CN(c2ccc(F)c(F)c2)CO1. The summed E-state index contributed by atoms with van der Waals surface area (Å²) in [6, 6.07) is 10.6. The van der Waals surface area contributed by atoms with Crippen molar-refractivity contribution >= 4 is 17.5 Å². The van der Waals surface area contributed by atoms with E-state index in [-0.39, 0.29) is 18.3 Å². The highest BCUT2D eigenvalue weighted by atomic mass is 19.2. The number of hydrogen-bond donors (Lipinski definition) is 0. The lowest BCUT2D eigenvalue weighted by Gasteiger charge is -2.31. The van der Waals surface area contributed by atoms with Crippen molar-refractivity contribution in [3.63, 3.8) is 0 Å². The van der Waals surface area contributed by atoms with Crippen LogP contribution in [-0.4, -0.2) is 17.5 Å². The first kappa shape index (κ1) is 17.4. The molecule has 2 aliphatic heterocycles. The summed E-state index contributed by atoms with van der Waals surface area (Å²) in [6.45, 7) is 0.504. The number of aromatic nitrogens is 1. The molecule has 3 heterocycles. The van der Waals surface area contributed by atoms with Gasteiger partial charge in [0.05, 0.1) is 17.7 Å². The van der Waals surface area contributed by atoms with Gasteiger partial charge in [0.15, 0.2) is 24.1 Å². The Hall–Kier alpha value is -3.74. The molecule has 0 atom stereocenters. The van der Waals surface area contributed by atoms with Crippen LogP contribution < -0.4 is 14.4 Å². The average molecular weight is 392 g/mol. The van der Waals surface area contributed by atoms with E-state index in [0.29, 0.717) is 34.9 Å². The maximum Gasteiger partial charge on any atom is 0.231 e. The van der Waals surface area contributed by atoms with Crippen molar-refractivity contribution in [3.05, 3.63) is 88.9 Å². The molecule has 2 aliphatic rings. The number of rotatable bonds is 2. The van der Waals surface area contributed by atoms with Crippen LogP contribution in [0, 0.1) is 11.6 Å². The second-order valence-corrected chi connectivity index (χ2v) is 6.71. The van der Waals surface area contributed by atoms with E-state index in [2.05, 4.69) is 4.98 Å². The molecule has 0 aliphatic carbocycles. The van der Waals surface area contributed by atoms with Crippen molar-refractivity contribution in [1.82, 2.24) is 4.98 Å². The maximum absolute atomic E-state index is 13.6. The van der Waals surface area contributed by atoms with Gasteiger partial charge >= 0.3 is 0 Å². The van der Waals surface area contributed by atoms with E-state index in [4.69, 9.17) is 9.47 Å². The Morgan fingerprint density at radius 2 is 1.86 bits per heavy atom. The van der Waals surface area contributed by atoms with E-state index < -0.39 is 11.6 Å². The molecule has 0 spiro atoms. The first-order valence-electron chi connectivity index (χ1n) is 8.93. The summed E-state index contributed by atoms with van der Waals surface area (Å²) < 4.78 is 38.6. The number of allylic oxidation sites excluding steroid dienone is 1. The highest BCUT2D eigenvalue weighted by molar-refractivity contribution is 6.15. The monoisotopic (exact) mass is 392 g/mol. The summed E-state index contributed by atoms with van der Waals surface area (Å²) in [6.07, 6.45) is 4.93. The zero-order valence-corrected chi connectivity index (χ0v) is 15.1. The topological polar surface area (TPSA) is 51.7 Å².